The van der Waals surface area contributed by atoms with E-state index >= 15 is 0 Å². The fraction of sp³-hybridized carbons (Fsp3) is 1.00. The van der Waals surface area contributed by atoms with Gasteiger partial charge in [-0.3, -0.25) is 4.90 Å². The van der Waals surface area contributed by atoms with E-state index in [0.29, 0.717) is 0 Å². The van der Waals surface area contributed by atoms with Gasteiger partial charge in [0.25, 0.3) is 0 Å². The molecule has 0 spiro atoms. The van der Waals surface area contributed by atoms with E-state index in [0.717, 1.165) is 19.3 Å². The average molecular weight is 141 g/mol. The number of ether oxygens (including phenoxy) is 1. The van der Waals surface area contributed by atoms with Gasteiger partial charge in [0.2, 0.25) is 0 Å². The molecule has 2 fully saturated rings. The van der Waals surface area contributed by atoms with E-state index in [-0.39, 0.29) is 0 Å². The molecule has 0 N–H and O–H groups in total. The standard InChI is InChI=1S/C8H15NO/c1-2-8(3-1)9-4-6-10-7-5-9/h8H,1-7H2. The van der Waals surface area contributed by atoms with E-state index in [1.165, 1.54) is 32.4 Å². The molecule has 2 nitrogen and oxygen atoms in total. The summed E-state index contributed by atoms with van der Waals surface area (Å²) < 4.78 is 5.28. The summed E-state index contributed by atoms with van der Waals surface area (Å²) in [5, 5.41) is 0. The molecule has 0 radical (unpaired) electrons. The zero-order valence-electron chi connectivity index (χ0n) is 6.38. The van der Waals surface area contributed by atoms with Crippen LogP contribution in [-0.4, -0.2) is 37.2 Å². The van der Waals surface area contributed by atoms with Crippen LogP contribution >= 0.6 is 0 Å². The second-order valence-corrected chi connectivity index (χ2v) is 3.23. The molecule has 0 aromatic heterocycles. The predicted octanol–water partition coefficient (Wildman–Crippen LogP) is 0.871. The van der Waals surface area contributed by atoms with Crippen molar-refractivity contribution in [2.75, 3.05) is 26.3 Å². The Balaban J connectivity index is 1.78. The topological polar surface area (TPSA) is 12.5 Å². The lowest BCUT2D eigenvalue weighted by atomic mass is 9.91. The summed E-state index contributed by atoms with van der Waals surface area (Å²) in [6.07, 6.45) is 4.31. The average Bonchev–Trinajstić information content (AvgIpc) is 1.86. The predicted molar refractivity (Wildman–Crippen MR) is 40.0 cm³/mol. The summed E-state index contributed by atoms with van der Waals surface area (Å²) >= 11 is 0. The third kappa shape index (κ3) is 1.18. The molecule has 0 amide bonds. The highest BCUT2D eigenvalue weighted by molar-refractivity contribution is 4.80. The Kier molecular flexibility index (Phi) is 1.91. The molecule has 1 saturated carbocycles. The lowest BCUT2D eigenvalue weighted by molar-refractivity contribution is -0.00153. The first-order chi connectivity index (χ1) is 4.97. The summed E-state index contributed by atoms with van der Waals surface area (Å²) in [7, 11) is 0. The molecule has 2 heteroatoms. The minimum absolute atomic E-state index is 0.920. The summed E-state index contributed by atoms with van der Waals surface area (Å²) in [5.41, 5.74) is 0. The van der Waals surface area contributed by atoms with Crippen LogP contribution in [0.25, 0.3) is 0 Å². The Morgan fingerprint density at radius 2 is 1.80 bits per heavy atom. The molecule has 0 aromatic rings. The van der Waals surface area contributed by atoms with Crippen LogP contribution in [0.5, 0.6) is 0 Å². The molecular formula is C8H15NO. The van der Waals surface area contributed by atoms with Crippen molar-refractivity contribution in [2.45, 2.75) is 25.3 Å². The first kappa shape index (κ1) is 6.62. The van der Waals surface area contributed by atoms with Gasteiger partial charge in [-0.05, 0) is 12.8 Å². The number of rotatable bonds is 1. The molecule has 0 atom stereocenters. The van der Waals surface area contributed by atoms with Crippen molar-refractivity contribution < 1.29 is 4.74 Å². The van der Waals surface area contributed by atoms with E-state index in [1.54, 1.807) is 0 Å². The molecule has 0 aromatic carbocycles. The molecule has 58 valence electrons. The van der Waals surface area contributed by atoms with Crippen molar-refractivity contribution in [3.63, 3.8) is 0 Å². The van der Waals surface area contributed by atoms with E-state index in [4.69, 9.17) is 4.74 Å². The first-order valence-electron chi connectivity index (χ1n) is 4.28. The normalized spacial score (nSPS) is 30.0. The Hall–Kier alpha value is -0.0800. The number of morpholine rings is 1. The van der Waals surface area contributed by atoms with Crippen molar-refractivity contribution in [1.29, 1.82) is 0 Å². The SMILES string of the molecule is C1CC(N2CCOCC2)C1. The summed E-state index contributed by atoms with van der Waals surface area (Å²) in [5.74, 6) is 0. The Morgan fingerprint density at radius 1 is 1.10 bits per heavy atom. The van der Waals surface area contributed by atoms with Crippen molar-refractivity contribution in [3.8, 4) is 0 Å². The van der Waals surface area contributed by atoms with Gasteiger partial charge in [0.05, 0.1) is 13.2 Å². The maximum Gasteiger partial charge on any atom is 0.0594 e. The van der Waals surface area contributed by atoms with Crippen molar-refractivity contribution in [1.82, 2.24) is 4.90 Å². The third-order valence-corrected chi connectivity index (χ3v) is 2.64. The summed E-state index contributed by atoms with van der Waals surface area (Å²) in [4.78, 5) is 2.58. The van der Waals surface area contributed by atoms with Gasteiger partial charge in [0.15, 0.2) is 0 Å². The highest BCUT2D eigenvalue weighted by atomic mass is 16.5. The molecule has 1 aliphatic carbocycles. The first-order valence-corrected chi connectivity index (χ1v) is 4.28. The van der Waals surface area contributed by atoms with Crippen LogP contribution in [0.1, 0.15) is 19.3 Å². The molecule has 0 bridgehead atoms. The van der Waals surface area contributed by atoms with Crippen molar-refractivity contribution in [2.24, 2.45) is 0 Å². The van der Waals surface area contributed by atoms with Gasteiger partial charge >= 0.3 is 0 Å². The monoisotopic (exact) mass is 141 g/mol. The fourth-order valence-corrected chi connectivity index (χ4v) is 1.69. The Labute approximate surface area is 62.2 Å². The minimum Gasteiger partial charge on any atom is -0.379 e. The van der Waals surface area contributed by atoms with Crippen LogP contribution in [0, 0.1) is 0 Å². The van der Waals surface area contributed by atoms with E-state index in [9.17, 15) is 0 Å². The zero-order valence-corrected chi connectivity index (χ0v) is 6.38. The quantitative estimate of drug-likeness (QED) is 0.537. The highest BCUT2D eigenvalue weighted by Crippen LogP contribution is 2.24. The number of nitrogens with zero attached hydrogens (tertiary/aromatic N) is 1. The summed E-state index contributed by atoms with van der Waals surface area (Å²) in [6.45, 7) is 4.25. The Morgan fingerprint density at radius 3 is 2.30 bits per heavy atom. The van der Waals surface area contributed by atoms with Crippen molar-refractivity contribution in [3.05, 3.63) is 0 Å². The molecular weight excluding hydrogens is 126 g/mol. The van der Waals surface area contributed by atoms with Crippen LogP contribution in [0.4, 0.5) is 0 Å². The minimum atomic E-state index is 0.920. The van der Waals surface area contributed by atoms with Crippen LogP contribution in [0.3, 0.4) is 0 Å². The molecule has 1 heterocycles. The fourth-order valence-electron chi connectivity index (χ4n) is 1.69. The van der Waals surface area contributed by atoms with Gasteiger partial charge in [-0.1, -0.05) is 6.42 Å². The summed E-state index contributed by atoms with van der Waals surface area (Å²) in [6, 6.07) is 0.920. The largest absolute Gasteiger partial charge is 0.379 e. The molecule has 2 aliphatic rings. The van der Waals surface area contributed by atoms with Gasteiger partial charge in [-0.15, -0.1) is 0 Å². The molecule has 10 heavy (non-hydrogen) atoms. The van der Waals surface area contributed by atoms with Crippen LogP contribution in [-0.2, 0) is 4.74 Å². The second kappa shape index (κ2) is 2.89. The number of hydrogen-bond acceptors (Lipinski definition) is 2. The highest BCUT2D eigenvalue weighted by Gasteiger charge is 2.25. The van der Waals surface area contributed by atoms with Gasteiger partial charge < -0.3 is 4.74 Å². The van der Waals surface area contributed by atoms with Gasteiger partial charge in [-0.25, -0.2) is 0 Å². The van der Waals surface area contributed by atoms with E-state index < -0.39 is 0 Å². The molecule has 2 rings (SSSR count). The van der Waals surface area contributed by atoms with E-state index in [2.05, 4.69) is 4.90 Å². The lowest BCUT2D eigenvalue weighted by Gasteiger charge is -2.39. The molecule has 0 unspecified atom stereocenters. The van der Waals surface area contributed by atoms with Crippen LogP contribution < -0.4 is 0 Å². The van der Waals surface area contributed by atoms with Gasteiger partial charge in [-0.2, -0.15) is 0 Å². The maximum absolute atomic E-state index is 5.28. The third-order valence-electron chi connectivity index (χ3n) is 2.64. The molecule has 1 aliphatic heterocycles. The smallest absolute Gasteiger partial charge is 0.0594 e. The molecule has 1 saturated heterocycles. The zero-order chi connectivity index (χ0) is 6.81. The van der Waals surface area contributed by atoms with Crippen molar-refractivity contribution >= 4 is 0 Å². The van der Waals surface area contributed by atoms with Crippen LogP contribution in [0.2, 0.25) is 0 Å². The number of hydrogen-bond donors (Lipinski definition) is 0. The van der Waals surface area contributed by atoms with E-state index in [1.807, 2.05) is 0 Å². The van der Waals surface area contributed by atoms with Gasteiger partial charge in [0, 0.05) is 19.1 Å². The second-order valence-electron chi connectivity index (χ2n) is 3.23. The van der Waals surface area contributed by atoms with Crippen LogP contribution in [0.15, 0.2) is 0 Å². The Bertz CT molecular complexity index is 106. The lowest BCUT2D eigenvalue weighted by Crippen LogP contribution is -2.46. The van der Waals surface area contributed by atoms with Gasteiger partial charge in [0.1, 0.15) is 0 Å². The maximum atomic E-state index is 5.28.